The van der Waals surface area contributed by atoms with Crippen molar-refractivity contribution >= 4 is 26.7 Å². The number of hydrogen-bond acceptors (Lipinski definition) is 7. The lowest BCUT2D eigenvalue weighted by Gasteiger charge is -2.29. The van der Waals surface area contributed by atoms with Crippen LogP contribution in [0.3, 0.4) is 0 Å². The summed E-state index contributed by atoms with van der Waals surface area (Å²) < 4.78 is 25.4. The number of anilines is 1. The third-order valence-corrected chi connectivity index (χ3v) is 7.34. The van der Waals surface area contributed by atoms with Gasteiger partial charge in [-0.1, -0.05) is 29.8 Å². The Kier molecular flexibility index (Phi) is 5.04. The molecule has 1 unspecified atom stereocenters. The fourth-order valence-electron chi connectivity index (χ4n) is 3.72. The van der Waals surface area contributed by atoms with Gasteiger partial charge in [0.25, 0.3) is 0 Å². The number of nitrogens with two attached hydrogens (primary N) is 2. The zero-order valence-corrected chi connectivity index (χ0v) is 18.3. The van der Waals surface area contributed by atoms with E-state index < -0.39 is 21.4 Å². The molecule has 0 saturated carbocycles. The minimum atomic E-state index is -3.36. The Balaban J connectivity index is 1.87. The van der Waals surface area contributed by atoms with E-state index in [0.717, 1.165) is 22.0 Å². The molecule has 0 amide bonds. The number of aryl methyl sites for hydroxylation is 1. The number of rotatable bonds is 3. The Bertz CT molecular complexity index is 1220. The molecule has 8 heteroatoms. The number of sulfone groups is 1. The van der Waals surface area contributed by atoms with E-state index in [2.05, 4.69) is 0 Å². The topological polar surface area (TPSA) is 115 Å². The first-order valence-corrected chi connectivity index (χ1v) is 11.6. The van der Waals surface area contributed by atoms with Gasteiger partial charge in [-0.05, 0) is 44.5 Å². The summed E-state index contributed by atoms with van der Waals surface area (Å²) in [4.78, 5) is 11.8. The molecule has 1 aliphatic heterocycles. The summed E-state index contributed by atoms with van der Waals surface area (Å²) in [7, 11) is -3.36. The third kappa shape index (κ3) is 3.78. The standard InChI is InChI=1S/C22H27N5O2S/c1-14-8-9-17-16(12-14)19(20(23)22(2,3)24)26-21(25-17)27-10-11-30(28,29)18-7-5-4-6-15(18)13-27/h4-9,12,20H,10-11,13,23-24H2,1-3H3. The highest BCUT2D eigenvalue weighted by Gasteiger charge is 2.30. The zero-order valence-electron chi connectivity index (χ0n) is 17.5. The number of fused-ring (bicyclic) bond motifs is 2. The smallest absolute Gasteiger partial charge is 0.226 e. The maximum Gasteiger partial charge on any atom is 0.226 e. The lowest BCUT2D eigenvalue weighted by molar-refractivity contribution is 0.415. The van der Waals surface area contributed by atoms with Gasteiger partial charge in [0.2, 0.25) is 5.95 Å². The average Bonchev–Trinajstić information content (AvgIpc) is 2.82. The molecular weight excluding hydrogens is 398 g/mol. The van der Waals surface area contributed by atoms with Crippen LogP contribution in [-0.2, 0) is 16.4 Å². The molecule has 158 valence electrons. The lowest BCUT2D eigenvalue weighted by Crippen LogP contribution is -2.44. The molecule has 3 aromatic rings. The fourth-order valence-corrected chi connectivity index (χ4v) is 5.22. The van der Waals surface area contributed by atoms with E-state index in [1.165, 1.54) is 0 Å². The quantitative estimate of drug-likeness (QED) is 0.662. The molecule has 0 bridgehead atoms. The molecule has 2 heterocycles. The molecule has 4 rings (SSSR count). The monoisotopic (exact) mass is 425 g/mol. The van der Waals surface area contributed by atoms with Gasteiger partial charge >= 0.3 is 0 Å². The predicted octanol–water partition coefficient (Wildman–Crippen LogP) is 2.47. The Morgan fingerprint density at radius 3 is 2.60 bits per heavy atom. The van der Waals surface area contributed by atoms with Crippen LogP contribution in [-0.4, -0.2) is 36.2 Å². The second-order valence-electron chi connectivity index (χ2n) is 8.58. The zero-order chi connectivity index (χ0) is 21.7. The van der Waals surface area contributed by atoms with Crippen molar-refractivity contribution in [2.24, 2.45) is 11.5 Å². The van der Waals surface area contributed by atoms with Crippen molar-refractivity contribution in [3.63, 3.8) is 0 Å². The SMILES string of the molecule is Cc1ccc2nc(N3CCS(=O)(=O)c4ccccc4C3)nc(C(N)C(C)(C)N)c2c1. The minimum absolute atomic E-state index is 0.00305. The number of aromatic nitrogens is 2. The van der Waals surface area contributed by atoms with Crippen LogP contribution in [0.1, 0.15) is 36.7 Å². The Hall–Kier alpha value is -2.55. The molecule has 1 aliphatic rings. The molecule has 30 heavy (non-hydrogen) atoms. The van der Waals surface area contributed by atoms with Gasteiger partial charge in [0.05, 0.1) is 27.9 Å². The van der Waals surface area contributed by atoms with E-state index in [1.807, 2.05) is 56.0 Å². The van der Waals surface area contributed by atoms with E-state index in [0.29, 0.717) is 29.6 Å². The van der Waals surface area contributed by atoms with Crippen molar-refractivity contribution in [3.05, 3.63) is 59.3 Å². The summed E-state index contributed by atoms with van der Waals surface area (Å²) in [5, 5.41) is 0.868. The summed E-state index contributed by atoms with van der Waals surface area (Å²) >= 11 is 0. The molecule has 0 radical (unpaired) electrons. The molecule has 4 N–H and O–H groups in total. The van der Waals surface area contributed by atoms with Gasteiger partial charge in [-0.2, -0.15) is 0 Å². The van der Waals surface area contributed by atoms with Gasteiger partial charge in [0.1, 0.15) is 0 Å². The van der Waals surface area contributed by atoms with Gasteiger partial charge in [0.15, 0.2) is 9.84 Å². The average molecular weight is 426 g/mol. The highest BCUT2D eigenvalue weighted by atomic mass is 32.2. The molecular formula is C22H27N5O2S. The fraction of sp³-hybridized carbons (Fsp3) is 0.364. The number of hydrogen-bond donors (Lipinski definition) is 2. The third-order valence-electron chi connectivity index (χ3n) is 5.55. The molecule has 0 aliphatic carbocycles. The van der Waals surface area contributed by atoms with Crippen LogP contribution in [0.15, 0.2) is 47.4 Å². The van der Waals surface area contributed by atoms with Crippen molar-refractivity contribution in [2.75, 3.05) is 17.2 Å². The molecule has 0 fully saturated rings. The van der Waals surface area contributed by atoms with Crippen LogP contribution in [0.4, 0.5) is 5.95 Å². The van der Waals surface area contributed by atoms with Gasteiger partial charge in [0, 0.05) is 24.0 Å². The summed E-state index contributed by atoms with van der Waals surface area (Å²) in [6.07, 6.45) is 0. The number of nitrogens with zero attached hydrogens (tertiary/aromatic N) is 3. The summed E-state index contributed by atoms with van der Waals surface area (Å²) in [5.41, 5.74) is 15.4. The van der Waals surface area contributed by atoms with Crippen LogP contribution in [0.25, 0.3) is 10.9 Å². The van der Waals surface area contributed by atoms with E-state index in [1.54, 1.807) is 12.1 Å². The van der Waals surface area contributed by atoms with Crippen LogP contribution in [0.5, 0.6) is 0 Å². The Labute approximate surface area is 177 Å². The van der Waals surface area contributed by atoms with Crippen LogP contribution >= 0.6 is 0 Å². The van der Waals surface area contributed by atoms with E-state index in [-0.39, 0.29) is 5.75 Å². The van der Waals surface area contributed by atoms with Crippen molar-refractivity contribution in [1.29, 1.82) is 0 Å². The first-order valence-electron chi connectivity index (χ1n) is 9.94. The van der Waals surface area contributed by atoms with Crippen molar-refractivity contribution in [3.8, 4) is 0 Å². The summed E-state index contributed by atoms with van der Waals surface area (Å²) in [6.45, 7) is 6.46. The highest BCUT2D eigenvalue weighted by Crippen LogP contribution is 2.31. The lowest BCUT2D eigenvalue weighted by atomic mass is 9.91. The second-order valence-corrected chi connectivity index (χ2v) is 10.7. The maximum atomic E-state index is 12.7. The Morgan fingerprint density at radius 2 is 1.87 bits per heavy atom. The van der Waals surface area contributed by atoms with E-state index >= 15 is 0 Å². The predicted molar refractivity (Wildman–Crippen MR) is 119 cm³/mol. The maximum absolute atomic E-state index is 12.7. The van der Waals surface area contributed by atoms with Crippen molar-refractivity contribution < 1.29 is 8.42 Å². The van der Waals surface area contributed by atoms with Gasteiger partial charge in [-0.25, -0.2) is 18.4 Å². The molecule has 0 saturated heterocycles. The molecule has 2 aromatic carbocycles. The molecule has 1 aromatic heterocycles. The largest absolute Gasteiger partial charge is 0.335 e. The molecule has 0 spiro atoms. The van der Waals surface area contributed by atoms with E-state index in [9.17, 15) is 8.42 Å². The number of benzene rings is 2. The van der Waals surface area contributed by atoms with Crippen LogP contribution < -0.4 is 16.4 Å². The minimum Gasteiger partial charge on any atom is -0.335 e. The summed E-state index contributed by atoms with van der Waals surface area (Å²) in [5.74, 6) is 0.469. The molecule has 1 atom stereocenters. The van der Waals surface area contributed by atoms with Crippen LogP contribution in [0.2, 0.25) is 0 Å². The van der Waals surface area contributed by atoms with Crippen molar-refractivity contribution in [2.45, 2.75) is 43.8 Å². The van der Waals surface area contributed by atoms with Crippen LogP contribution in [0, 0.1) is 6.92 Å². The molecule has 7 nitrogen and oxygen atoms in total. The normalized spacial score (nSPS) is 17.4. The van der Waals surface area contributed by atoms with Gasteiger partial charge < -0.3 is 16.4 Å². The first kappa shape index (κ1) is 20.7. The first-order chi connectivity index (χ1) is 14.1. The Morgan fingerprint density at radius 1 is 1.13 bits per heavy atom. The van der Waals surface area contributed by atoms with Gasteiger partial charge in [-0.3, -0.25) is 0 Å². The van der Waals surface area contributed by atoms with Gasteiger partial charge in [-0.15, -0.1) is 0 Å². The summed E-state index contributed by atoms with van der Waals surface area (Å²) in [6, 6.07) is 12.5. The van der Waals surface area contributed by atoms with E-state index in [4.69, 9.17) is 21.4 Å². The van der Waals surface area contributed by atoms with Crippen molar-refractivity contribution in [1.82, 2.24) is 9.97 Å². The second kappa shape index (κ2) is 7.30. The highest BCUT2D eigenvalue weighted by molar-refractivity contribution is 7.91.